The van der Waals surface area contributed by atoms with Gasteiger partial charge in [0.05, 0.1) is 5.69 Å². The number of likely N-dealkylation sites (tertiary alicyclic amines) is 1. The minimum Gasteiger partial charge on any atom is -0.354 e. The van der Waals surface area contributed by atoms with E-state index in [-0.39, 0.29) is 5.82 Å². The molecule has 0 amide bonds. The van der Waals surface area contributed by atoms with Crippen LogP contribution in [0.3, 0.4) is 0 Å². The van der Waals surface area contributed by atoms with Gasteiger partial charge >= 0.3 is 0 Å². The van der Waals surface area contributed by atoms with E-state index in [4.69, 9.17) is 10.1 Å². The highest BCUT2D eigenvalue weighted by atomic mass is 19.1. The molecule has 0 spiro atoms. The summed E-state index contributed by atoms with van der Waals surface area (Å²) < 4.78 is 15.7. The summed E-state index contributed by atoms with van der Waals surface area (Å²) in [6.07, 6.45) is 3.70. The Balaban J connectivity index is 1.45. The SMILES string of the molecule is Cc1cc(N2CC3CN(C)CC3C2)nn2c(-c3ccnc4[nH]ccc34)c(-c3ccc(F)cc3)nc12. The second-order valence-corrected chi connectivity index (χ2v) is 9.98. The van der Waals surface area contributed by atoms with E-state index in [9.17, 15) is 4.39 Å². The molecule has 2 aliphatic rings. The quantitative estimate of drug-likeness (QED) is 0.427. The average Bonchev–Trinajstić information content (AvgIpc) is 3.61. The van der Waals surface area contributed by atoms with Crippen LogP contribution in [0.15, 0.2) is 54.9 Å². The Kier molecular flexibility index (Phi) is 4.48. The third-order valence-electron chi connectivity index (χ3n) is 7.58. The van der Waals surface area contributed by atoms with Gasteiger partial charge < -0.3 is 14.8 Å². The second-order valence-electron chi connectivity index (χ2n) is 9.98. The summed E-state index contributed by atoms with van der Waals surface area (Å²) >= 11 is 0. The summed E-state index contributed by atoms with van der Waals surface area (Å²) in [7, 11) is 2.21. The number of rotatable bonds is 3. The van der Waals surface area contributed by atoms with Crippen molar-refractivity contribution >= 4 is 22.5 Å². The number of aryl methyl sites for hydroxylation is 1. The van der Waals surface area contributed by atoms with Crippen molar-refractivity contribution in [2.24, 2.45) is 11.8 Å². The van der Waals surface area contributed by atoms with E-state index < -0.39 is 0 Å². The van der Waals surface area contributed by atoms with Gasteiger partial charge in [0.1, 0.15) is 23.0 Å². The number of hydrogen-bond acceptors (Lipinski definition) is 5. The third kappa shape index (κ3) is 3.24. The van der Waals surface area contributed by atoms with Crippen LogP contribution in [0.1, 0.15) is 5.56 Å². The molecule has 0 bridgehead atoms. The summed E-state index contributed by atoms with van der Waals surface area (Å²) in [5.74, 6) is 2.09. The van der Waals surface area contributed by atoms with Gasteiger partial charge in [0.25, 0.3) is 0 Å². The Morgan fingerprint density at radius 3 is 2.54 bits per heavy atom. The van der Waals surface area contributed by atoms with E-state index in [1.165, 1.54) is 12.1 Å². The van der Waals surface area contributed by atoms with Crippen molar-refractivity contribution in [2.75, 3.05) is 38.1 Å². The minimum atomic E-state index is -0.266. The molecule has 2 unspecified atom stereocenters. The molecule has 2 aliphatic heterocycles. The van der Waals surface area contributed by atoms with E-state index >= 15 is 0 Å². The number of hydrogen-bond donors (Lipinski definition) is 1. The zero-order chi connectivity index (χ0) is 23.7. The normalized spacial score (nSPS) is 20.4. The molecule has 176 valence electrons. The van der Waals surface area contributed by atoms with Crippen molar-refractivity contribution in [1.29, 1.82) is 0 Å². The number of nitrogens with one attached hydrogen (secondary N) is 1. The predicted molar refractivity (Wildman–Crippen MR) is 135 cm³/mol. The van der Waals surface area contributed by atoms with Crippen LogP contribution >= 0.6 is 0 Å². The molecule has 1 N–H and O–H groups in total. The predicted octanol–water partition coefficient (Wildman–Crippen LogP) is 4.38. The number of nitrogens with zero attached hydrogens (tertiary/aromatic N) is 6. The highest BCUT2D eigenvalue weighted by molar-refractivity contribution is 5.97. The molecule has 5 aromatic rings. The van der Waals surface area contributed by atoms with Gasteiger partial charge in [0, 0.05) is 55.1 Å². The van der Waals surface area contributed by atoms with Crippen LogP contribution < -0.4 is 4.90 Å². The number of aromatic amines is 1. The van der Waals surface area contributed by atoms with Crippen LogP contribution in [-0.4, -0.2) is 62.7 Å². The number of pyridine rings is 1. The minimum absolute atomic E-state index is 0.266. The molecule has 7 rings (SSSR count). The molecule has 7 nitrogen and oxygen atoms in total. The Morgan fingerprint density at radius 1 is 1.00 bits per heavy atom. The summed E-state index contributed by atoms with van der Waals surface area (Å²) in [4.78, 5) is 17.6. The van der Waals surface area contributed by atoms with Crippen LogP contribution in [0.25, 0.3) is 39.2 Å². The molecule has 0 saturated carbocycles. The van der Waals surface area contributed by atoms with Crippen LogP contribution in [0, 0.1) is 24.6 Å². The lowest BCUT2D eigenvalue weighted by Gasteiger charge is -2.21. The molecule has 4 aromatic heterocycles. The number of imidazole rings is 1. The van der Waals surface area contributed by atoms with Crippen molar-refractivity contribution in [3.8, 4) is 22.5 Å². The molecule has 35 heavy (non-hydrogen) atoms. The van der Waals surface area contributed by atoms with Crippen LogP contribution in [0.2, 0.25) is 0 Å². The maximum atomic E-state index is 13.7. The summed E-state index contributed by atoms with van der Waals surface area (Å²) in [6, 6.07) is 12.7. The Hall–Kier alpha value is -3.78. The van der Waals surface area contributed by atoms with Gasteiger partial charge in [-0.1, -0.05) is 0 Å². The number of halogens is 1. The fraction of sp³-hybridized carbons (Fsp3) is 0.296. The van der Waals surface area contributed by atoms with E-state index in [1.54, 1.807) is 18.3 Å². The van der Waals surface area contributed by atoms with Gasteiger partial charge in [-0.2, -0.15) is 0 Å². The van der Waals surface area contributed by atoms with E-state index in [1.807, 2.05) is 22.8 Å². The lowest BCUT2D eigenvalue weighted by Crippen LogP contribution is -2.27. The standard InChI is InChI=1S/C27H26FN7/c1-16-11-23(34-14-18-12-33(2)13-19(18)15-34)32-35-25(21-7-9-29-26-22(21)8-10-30-26)24(31-27(16)35)17-3-5-20(28)6-4-17/h3-11,18-19H,12-15H2,1-2H3,(H,29,30). The lowest BCUT2D eigenvalue weighted by molar-refractivity contribution is 0.386. The highest BCUT2D eigenvalue weighted by Crippen LogP contribution is 2.38. The zero-order valence-electron chi connectivity index (χ0n) is 19.7. The summed E-state index contributed by atoms with van der Waals surface area (Å²) in [6.45, 7) is 6.44. The van der Waals surface area contributed by atoms with Crippen LogP contribution in [0.4, 0.5) is 10.2 Å². The van der Waals surface area contributed by atoms with Gasteiger partial charge in [0.2, 0.25) is 0 Å². The first-order valence-electron chi connectivity index (χ1n) is 12.1. The molecule has 2 saturated heterocycles. The third-order valence-corrected chi connectivity index (χ3v) is 7.58. The van der Waals surface area contributed by atoms with Crippen molar-refractivity contribution in [3.05, 3.63) is 66.2 Å². The highest BCUT2D eigenvalue weighted by Gasteiger charge is 2.39. The van der Waals surface area contributed by atoms with Gasteiger partial charge in [-0.25, -0.2) is 18.9 Å². The van der Waals surface area contributed by atoms with Gasteiger partial charge in [-0.3, -0.25) is 0 Å². The Morgan fingerprint density at radius 2 is 1.77 bits per heavy atom. The Bertz CT molecular complexity index is 1550. The average molecular weight is 468 g/mol. The van der Waals surface area contributed by atoms with Crippen LogP contribution in [-0.2, 0) is 0 Å². The van der Waals surface area contributed by atoms with Gasteiger partial charge in [-0.15, -0.1) is 5.10 Å². The largest absolute Gasteiger partial charge is 0.354 e. The van der Waals surface area contributed by atoms with E-state index in [0.29, 0.717) is 11.8 Å². The fourth-order valence-corrected chi connectivity index (χ4v) is 5.94. The number of aromatic nitrogens is 5. The molecule has 0 aliphatic carbocycles. The van der Waals surface area contributed by atoms with Crippen molar-refractivity contribution in [2.45, 2.75) is 6.92 Å². The van der Waals surface area contributed by atoms with Crippen molar-refractivity contribution in [1.82, 2.24) is 29.5 Å². The lowest BCUT2D eigenvalue weighted by atomic mass is 10.0. The molecular formula is C27H26FN7. The van der Waals surface area contributed by atoms with Gasteiger partial charge in [0.15, 0.2) is 5.65 Å². The maximum absolute atomic E-state index is 13.7. The van der Waals surface area contributed by atoms with Crippen molar-refractivity contribution in [3.63, 3.8) is 0 Å². The molecule has 6 heterocycles. The fourth-order valence-electron chi connectivity index (χ4n) is 5.94. The number of fused-ring (bicyclic) bond motifs is 3. The monoisotopic (exact) mass is 467 g/mol. The smallest absolute Gasteiger partial charge is 0.158 e. The molecule has 2 fully saturated rings. The zero-order valence-corrected chi connectivity index (χ0v) is 19.7. The molecule has 2 atom stereocenters. The van der Waals surface area contributed by atoms with E-state index in [0.717, 1.165) is 76.8 Å². The van der Waals surface area contributed by atoms with Gasteiger partial charge in [-0.05, 0) is 73.8 Å². The molecule has 1 aromatic carbocycles. The Labute approximate surface area is 202 Å². The molecule has 0 radical (unpaired) electrons. The molecular weight excluding hydrogens is 441 g/mol. The summed E-state index contributed by atoms with van der Waals surface area (Å²) in [5, 5.41) is 6.16. The summed E-state index contributed by atoms with van der Waals surface area (Å²) in [5.41, 5.74) is 6.21. The number of benzene rings is 1. The van der Waals surface area contributed by atoms with Crippen molar-refractivity contribution < 1.29 is 4.39 Å². The first-order valence-corrected chi connectivity index (χ1v) is 12.1. The van der Waals surface area contributed by atoms with E-state index in [2.05, 4.69) is 39.8 Å². The number of H-pyrrole nitrogens is 1. The van der Waals surface area contributed by atoms with Crippen LogP contribution in [0.5, 0.6) is 0 Å². The first-order chi connectivity index (χ1) is 17.0. The topological polar surface area (TPSA) is 65.3 Å². The maximum Gasteiger partial charge on any atom is 0.158 e. The number of anilines is 1. The second kappa shape index (κ2) is 7.61. The molecule has 8 heteroatoms. The first kappa shape index (κ1) is 20.6.